The lowest BCUT2D eigenvalue weighted by Gasteiger charge is -2.06. The molecular weight excluding hydrogens is 301 g/mol. The fourth-order valence-corrected chi connectivity index (χ4v) is 2.80. The third-order valence-corrected chi connectivity index (χ3v) is 3.89. The minimum atomic E-state index is -0.412. The van der Waals surface area contributed by atoms with Crippen molar-refractivity contribution in [2.45, 2.75) is 0 Å². The third kappa shape index (κ3) is 2.23. The predicted octanol–water partition coefficient (Wildman–Crippen LogP) is 4.62. The van der Waals surface area contributed by atoms with Gasteiger partial charge in [-0.25, -0.2) is 14.4 Å². The molecule has 0 fully saturated rings. The van der Waals surface area contributed by atoms with Crippen molar-refractivity contribution in [3.63, 3.8) is 0 Å². The van der Waals surface area contributed by atoms with Gasteiger partial charge in [0.05, 0.1) is 0 Å². The molecule has 0 bridgehead atoms. The van der Waals surface area contributed by atoms with E-state index in [-0.39, 0.29) is 5.75 Å². The van der Waals surface area contributed by atoms with Crippen LogP contribution in [0.1, 0.15) is 0 Å². The summed E-state index contributed by atoms with van der Waals surface area (Å²) >= 11 is 1.59. The van der Waals surface area contributed by atoms with Gasteiger partial charge in [0.2, 0.25) is 0 Å². The summed E-state index contributed by atoms with van der Waals surface area (Å²) in [6, 6.07) is 9.94. The summed E-state index contributed by atoms with van der Waals surface area (Å²) in [6.45, 7) is 0. The number of aromatic nitrogens is 3. The Morgan fingerprint density at radius 2 is 2.00 bits per heavy atom. The van der Waals surface area contributed by atoms with E-state index in [4.69, 9.17) is 4.74 Å². The second-order valence-corrected chi connectivity index (χ2v) is 5.42. The second kappa shape index (κ2) is 5.23. The molecule has 4 aromatic rings. The molecule has 3 aromatic heterocycles. The maximum Gasteiger partial charge on any atom is 0.181 e. The molecule has 4 nitrogen and oxygen atoms in total. The number of aromatic amines is 1. The van der Waals surface area contributed by atoms with E-state index in [0.717, 1.165) is 5.56 Å². The molecular formula is C16H10FN3OS. The molecule has 0 saturated carbocycles. The molecule has 108 valence electrons. The number of hydrogen-bond acceptors (Lipinski definition) is 4. The van der Waals surface area contributed by atoms with Crippen molar-refractivity contribution < 1.29 is 9.13 Å². The number of imidazole rings is 1. The van der Waals surface area contributed by atoms with Crippen molar-refractivity contribution in [1.29, 1.82) is 0 Å². The number of H-pyrrole nitrogens is 1. The highest BCUT2D eigenvalue weighted by molar-refractivity contribution is 7.08. The first kappa shape index (κ1) is 13.0. The molecule has 22 heavy (non-hydrogen) atoms. The lowest BCUT2D eigenvalue weighted by Crippen LogP contribution is -1.89. The lowest BCUT2D eigenvalue weighted by atomic mass is 10.3. The van der Waals surface area contributed by atoms with E-state index in [0.29, 0.717) is 22.7 Å². The molecule has 0 aliphatic rings. The van der Waals surface area contributed by atoms with Gasteiger partial charge in [0, 0.05) is 23.2 Å². The van der Waals surface area contributed by atoms with Crippen LogP contribution in [0.15, 0.2) is 53.4 Å². The van der Waals surface area contributed by atoms with Crippen molar-refractivity contribution in [3.8, 4) is 22.9 Å². The van der Waals surface area contributed by atoms with E-state index in [1.165, 1.54) is 6.07 Å². The van der Waals surface area contributed by atoms with Gasteiger partial charge in [-0.3, -0.25) is 0 Å². The summed E-state index contributed by atoms with van der Waals surface area (Å²) in [5, 5.41) is 3.97. The fraction of sp³-hybridized carbons (Fsp3) is 0. The molecule has 3 heterocycles. The number of para-hydroxylation sites is 1. The van der Waals surface area contributed by atoms with Crippen LogP contribution in [0.25, 0.3) is 22.6 Å². The standard InChI is InChI=1S/C16H10FN3OS/c17-11-3-1-2-4-12(11)21-13-5-7-18-16-14(13)19-15(20-16)10-6-8-22-9-10/h1-9H,(H,18,19,20). The monoisotopic (exact) mass is 311 g/mol. The van der Waals surface area contributed by atoms with Crippen LogP contribution in [0, 0.1) is 5.82 Å². The zero-order valence-corrected chi connectivity index (χ0v) is 12.1. The molecule has 0 saturated heterocycles. The minimum absolute atomic E-state index is 0.168. The number of rotatable bonds is 3. The largest absolute Gasteiger partial charge is 0.452 e. The van der Waals surface area contributed by atoms with Crippen LogP contribution in [-0.4, -0.2) is 15.0 Å². The van der Waals surface area contributed by atoms with Gasteiger partial charge in [-0.1, -0.05) is 12.1 Å². The van der Waals surface area contributed by atoms with Gasteiger partial charge in [0.1, 0.15) is 11.3 Å². The smallest absolute Gasteiger partial charge is 0.181 e. The summed E-state index contributed by atoms with van der Waals surface area (Å²) in [6.07, 6.45) is 1.59. The molecule has 0 atom stereocenters. The zero-order valence-electron chi connectivity index (χ0n) is 11.3. The van der Waals surface area contributed by atoms with Gasteiger partial charge in [0.15, 0.2) is 23.0 Å². The van der Waals surface area contributed by atoms with Crippen LogP contribution in [0.2, 0.25) is 0 Å². The highest BCUT2D eigenvalue weighted by Crippen LogP contribution is 2.31. The predicted molar refractivity (Wildman–Crippen MR) is 83.7 cm³/mol. The number of nitrogens with zero attached hydrogens (tertiary/aromatic N) is 2. The summed E-state index contributed by atoms with van der Waals surface area (Å²) in [5.41, 5.74) is 2.17. The van der Waals surface area contributed by atoms with E-state index in [9.17, 15) is 4.39 Å². The van der Waals surface area contributed by atoms with Gasteiger partial charge in [-0.2, -0.15) is 11.3 Å². The number of fused-ring (bicyclic) bond motifs is 1. The maximum atomic E-state index is 13.7. The SMILES string of the molecule is Fc1ccccc1Oc1ccnc2nc(-c3ccsc3)[nH]c12. The first-order chi connectivity index (χ1) is 10.8. The molecule has 6 heteroatoms. The number of pyridine rings is 1. The first-order valence-corrected chi connectivity index (χ1v) is 7.55. The molecule has 0 spiro atoms. The number of nitrogens with one attached hydrogen (secondary N) is 1. The fourth-order valence-electron chi connectivity index (χ4n) is 2.16. The van der Waals surface area contributed by atoms with E-state index < -0.39 is 5.82 Å². The van der Waals surface area contributed by atoms with Gasteiger partial charge in [-0.05, 0) is 23.6 Å². The zero-order chi connectivity index (χ0) is 14.9. The van der Waals surface area contributed by atoms with Crippen molar-refractivity contribution >= 4 is 22.5 Å². The van der Waals surface area contributed by atoms with Gasteiger partial charge < -0.3 is 9.72 Å². The Labute approximate surface area is 129 Å². The summed E-state index contributed by atoms with van der Waals surface area (Å²) < 4.78 is 19.4. The van der Waals surface area contributed by atoms with Crippen molar-refractivity contribution in [2.75, 3.05) is 0 Å². The van der Waals surface area contributed by atoms with Crippen LogP contribution in [0.3, 0.4) is 0 Å². The van der Waals surface area contributed by atoms with Crippen LogP contribution in [0.4, 0.5) is 4.39 Å². The second-order valence-electron chi connectivity index (χ2n) is 4.64. The average molecular weight is 311 g/mol. The molecule has 1 N–H and O–H groups in total. The Morgan fingerprint density at radius 1 is 1.09 bits per heavy atom. The lowest BCUT2D eigenvalue weighted by molar-refractivity contribution is 0.445. The molecule has 4 rings (SSSR count). The molecule has 0 unspecified atom stereocenters. The van der Waals surface area contributed by atoms with E-state index in [1.54, 1.807) is 41.8 Å². The van der Waals surface area contributed by atoms with Crippen LogP contribution < -0.4 is 4.74 Å². The number of hydrogen-bond donors (Lipinski definition) is 1. The molecule has 0 amide bonds. The Balaban J connectivity index is 1.80. The van der Waals surface area contributed by atoms with Crippen LogP contribution >= 0.6 is 11.3 Å². The van der Waals surface area contributed by atoms with Crippen LogP contribution in [-0.2, 0) is 0 Å². The molecule has 0 aliphatic carbocycles. The number of benzene rings is 1. The Kier molecular flexibility index (Phi) is 3.08. The normalized spacial score (nSPS) is 11.0. The average Bonchev–Trinajstić information content (AvgIpc) is 3.18. The van der Waals surface area contributed by atoms with E-state index >= 15 is 0 Å². The van der Waals surface area contributed by atoms with Gasteiger partial charge in [0.25, 0.3) is 0 Å². The number of thiophene rings is 1. The highest BCUT2D eigenvalue weighted by Gasteiger charge is 2.12. The van der Waals surface area contributed by atoms with Crippen LogP contribution in [0.5, 0.6) is 11.5 Å². The number of halogens is 1. The van der Waals surface area contributed by atoms with Crippen molar-refractivity contribution in [1.82, 2.24) is 15.0 Å². The van der Waals surface area contributed by atoms with E-state index in [1.807, 2.05) is 16.8 Å². The summed E-state index contributed by atoms with van der Waals surface area (Å²) in [4.78, 5) is 11.9. The highest BCUT2D eigenvalue weighted by atomic mass is 32.1. The third-order valence-electron chi connectivity index (χ3n) is 3.21. The summed E-state index contributed by atoms with van der Waals surface area (Å²) in [5.74, 6) is 0.962. The maximum absolute atomic E-state index is 13.7. The Bertz CT molecular complexity index is 934. The first-order valence-electron chi connectivity index (χ1n) is 6.61. The quantitative estimate of drug-likeness (QED) is 0.600. The number of ether oxygens (including phenoxy) is 1. The summed E-state index contributed by atoms with van der Waals surface area (Å²) in [7, 11) is 0. The van der Waals surface area contributed by atoms with Crippen molar-refractivity contribution in [3.05, 3.63) is 59.2 Å². The Morgan fingerprint density at radius 3 is 2.82 bits per heavy atom. The molecule has 0 aliphatic heterocycles. The van der Waals surface area contributed by atoms with Gasteiger partial charge in [-0.15, -0.1) is 0 Å². The Hall–Kier alpha value is -2.73. The molecule has 0 radical (unpaired) electrons. The van der Waals surface area contributed by atoms with E-state index in [2.05, 4.69) is 15.0 Å². The molecule has 1 aromatic carbocycles. The van der Waals surface area contributed by atoms with Gasteiger partial charge >= 0.3 is 0 Å². The van der Waals surface area contributed by atoms with Crippen molar-refractivity contribution in [2.24, 2.45) is 0 Å². The minimum Gasteiger partial charge on any atom is -0.452 e. The topological polar surface area (TPSA) is 50.8 Å².